The Hall–Kier alpha value is -3.19. The highest BCUT2D eigenvalue weighted by molar-refractivity contribution is 9.10. The van der Waals surface area contributed by atoms with Crippen LogP contribution < -0.4 is 14.8 Å². The summed E-state index contributed by atoms with van der Waals surface area (Å²) in [6.07, 6.45) is 2.46. The van der Waals surface area contributed by atoms with Gasteiger partial charge in [0.2, 0.25) is 0 Å². The lowest BCUT2D eigenvalue weighted by Crippen LogP contribution is -2.67. The summed E-state index contributed by atoms with van der Waals surface area (Å²) >= 11 is 3.63. The first-order valence-electron chi connectivity index (χ1n) is 11.2. The number of pyridine rings is 1. The molecule has 6 nitrogen and oxygen atoms in total. The third kappa shape index (κ3) is 3.09. The maximum absolute atomic E-state index is 14.2. The van der Waals surface area contributed by atoms with E-state index in [-0.39, 0.29) is 11.9 Å². The Bertz CT molecular complexity index is 1250. The Morgan fingerprint density at radius 2 is 1.85 bits per heavy atom. The summed E-state index contributed by atoms with van der Waals surface area (Å²) in [6, 6.07) is 22.1. The maximum atomic E-state index is 14.2. The number of rotatable bonds is 2. The molecule has 0 aliphatic carbocycles. The Morgan fingerprint density at radius 1 is 1.03 bits per heavy atom. The Balaban J connectivity index is 1.47. The first kappa shape index (κ1) is 20.4. The molecule has 3 aliphatic rings. The minimum atomic E-state index is -0.725. The molecule has 166 valence electrons. The smallest absolute Gasteiger partial charge is 0.261 e. The monoisotopic (exact) mass is 501 g/mol. The number of carbonyl (C=O) groups is 1. The fourth-order valence-corrected chi connectivity index (χ4v) is 6.00. The number of carbonyl (C=O) groups excluding carboxylic acids is 1. The average Bonchev–Trinajstić information content (AvgIpc) is 3.10. The van der Waals surface area contributed by atoms with Gasteiger partial charge in [0.1, 0.15) is 11.2 Å². The lowest BCUT2D eigenvalue weighted by molar-refractivity contribution is -0.125. The van der Waals surface area contributed by atoms with Gasteiger partial charge in [0, 0.05) is 36.0 Å². The van der Waals surface area contributed by atoms with Crippen molar-refractivity contribution in [3.63, 3.8) is 0 Å². The molecular formula is C26H24BrN5O. The molecule has 1 aromatic heterocycles. The van der Waals surface area contributed by atoms with Gasteiger partial charge in [-0.25, -0.2) is 4.98 Å². The number of nitrogens with zero attached hydrogens (tertiary/aromatic N) is 5. The Labute approximate surface area is 201 Å². The highest BCUT2D eigenvalue weighted by Gasteiger charge is 2.60. The molecule has 6 rings (SSSR count). The number of halogens is 1. The number of hydrazone groups is 1. The molecule has 1 amide bonds. The molecule has 0 radical (unpaired) electrons. The van der Waals surface area contributed by atoms with Crippen LogP contribution in [0.1, 0.15) is 12.5 Å². The standard InChI is InChI=1S/C26H24BrN5O/c1-18-26(25(33)32(29-18)21-7-3-2-4-8-21)16-19-15-20(27)10-11-22(19)31-14-13-30(17-23(26)31)24-9-5-6-12-28-24/h2-12,15,23H,13-14,16-17H2,1H3/t23-,26+/m0/s1. The molecule has 0 unspecified atom stereocenters. The molecule has 1 fully saturated rings. The van der Waals surface area contributed by atoms with Crippen LogP contribution >= 0.6 is 15.9 Å². The molecule has 0 saturated carbocycles. The molecule has 4 heterocycles. The zero-order chi connectivity index (χ0) is 22.6. The lowest BCUT2D eigenvalue weighted by Gasteiger charge is -2.53. The number of piperazine rings is 1. The van der Waals surface area contributed by atoms with Gasteiger partial charge in [-0.05, 0) is 61.4 Å². The summed E-state index contributed by atoms with van der Waals surface area (Å²) in [5, 5.41) is 6.44. The van der Waals surface area contributed by atoms with Crippen LogP contribution in [0.4, 0.5) is 17.2 Å². The van der Waals surface area contributed by atoms with E-state index < -0.39 is 5.41 Å². The van der Waals surface area contributed by atoms with E-state index in [2.05, 4.69) is 48.9 Å². The summed E-state index contributed by atoms with van der Waals surface area (Å²) in [6.45, 7) is 4.41. The maximum Gasteiger partial charge on any atom is 0.261 e. The van der Waals surface area contributed by atoms with Gasteiger partial charge in [0.25, 0.3) is 5.91 Å². The lowest BCUT2D eigenvalue weighted by atomic mass is 9.67. The van der Waals surface area contributed by atoms with E-state index in [1.807, 2.05) is 61.7 Å². The van der Waals surface area contributed by atoms with Crippen LogP contribution in [0.25, 0.3) is 0 Å². The number of para-hydroxylation sites is 1. The van der Waals surface area contributed by atoms with E-state index in [1.54, 1.807) is 5.01 Å². The fourth-order valence-electron chi connectivity index (χ4n) is 5.60. The molecule has 1 spiro atoms. The summed E-state index contributed by atoms with van der Waals surface area (Å²) in [5.41, 5.74) is 3.36. The van der Waals surface area contributed by atoms with Crippen LogP contribution in [0.2, 0.25) is 0 Å². The van der Waals surface area contributed by atoms with Crippen LogP contribution in [0.3, 0.4) is 0 Å². The third-order valence-corrected chi connectivity index (χ3v) is 7.71. The van der Waals surface area contributed by atoms with E-state index in [0.29, 0.717) is 13.0 Å². The predicted molar refractivity (Wildman–Crippen MR) is 135 cm³/mol. The van der Waals surface area contributed by atoms with Crippen molar-refractivity contribution in [1.82, 2.24) is 4.98 Å². The molecule has 2 aromatic carbocycles. The predicted octanol–water partition coefficient (Wildman–Crippen LogP) is 4.50. The van der Waals surface area contributed by atoms with Gasteiger partial charge in [-0.15, -0.1) is 0 Å². The van der Waals surface area contributed by atoms with Crippen molar-refractivity contribution in [1.29, 1.82) is 0 Å². The van der Waals surface area contributed by atoms with Crippen molar-refractivity contribution in [3.05, 3.63) is 83.0 Å². The topological polar surface area (TPSA) is 52.0 Å². The van der Waals surface area contributed by atoms with Crippen molar-refractivity contribution in [2.24, 2.45) is 10.5 Å². The largest absolute Gasteiger partial charge is 0.363 e. The van der Waals surface area contributed by atoms with Gasteiger partial charge >= 0.3 is 0 Å². The number of hydrogen-bond acceptors (Lipinski definition) is 5. The van der Waals surface area contributed by atoms with Gasteiger partial charge in [-0.1, -0.05) is 40.2 Å². The van der Waals surface area contributed by atoms with Crippen LogP contribution in [0.15, 0.2) is 82.5 Å². The molecule has 0 N–H and O–H groups in total. The van der Waals surface area contributed by atoms with Gasteiger partial charge in [0.15, 0.2) is 0 Å². The van der Waals surface area contributed by atoms with Gasteiger partial charge in [0.05, 0.1) is 17.4 Å². The highest BCUT2D eigenvalue weighted by atomic mass is 79.9. The normalized spacial score (nSPS) is 24.1. The summed E-state index contributed by atoms with van der Waals surface area (Å²) in [5.74, 6) is 1.00. The molecule has 1 saturated heterocycles. The molecule has 33 heavy (non-hydrogen) atoms. The van der Waals surface area contributed by atoms with E-state index in [9.17, 15) is 4.79 Å². The van der Waals surface area contributed by atoms with Gasteiger partial charge in [-0.2, -0.15) is 10.1 Å². The molecule has 3 aromatic rings. The summed E-state index contributed by atoms with van der Waals surface area (Å²) in [7, 11) is 0. The van der Waals surface area contributed by atoms with E-state index in [1.165, 1.54) is 11.3 Å². The summed E-state index contributed by atoms with van der Waals surface area (Å²) in [4.78, 5) is 23.5. The molecule has 2 atom stereocenters. The van der Waals surface area contributed by atoms with E-state index >= 15 is 0 Å². The molecular weight excluding hydrogens is 478 g/mol. The van der Waals surface area contributed by atoms with Gasteiger partial charge in [-0.3, -0.25) is 4.79 Å². The zero-order valence-corrected chi connectivity index (χ0v) is 19.9. The van der Waals surface area contributed by atoms with Crippen LogP contribution in [-0.2, 0) is 11.2 Å². The first-order valence-corrected chi connectivity index (χ1v) is 12.0. The Kier molecular flexibility index (Phi) is 4.76. The number of amides is 1. The van der Waals surface area contributed by atoms with Crippen molar-refractivity contribution in [3.8, 4) is 0 Å². The Morgan fingerprint density at radius 3 is 2.64 bits per heavy atom. The second-order valence-electron chi connectivity index (χ2n) is 8.90. The highest BCUT2D eigenvalue weighted by Crippen LogP contribution is 2.48. The number of anilines is 3. The number of benzene rings is 2. The SMILES string of the molecule is CC1=NN(c2ccccc2)C(=O)[C@]12Cc1cc(Br)ccc1N1CCN(c3ccccn3)C[C@H]12. The minimum Gasteiger partial charge on any atom is -0.363 e. The fraction of sp³-hybridized carbons (Fsp3) is 0.269. The third-order valence-electron chi connectivity index (χ3n) is 7.21. The van der Waals surface area contributed by atoms with Gasteiger partial charge < -0.3 is 9.80 Å². The number of hydrogen-bond donors (Lipinski definition) is 0. The van der Waals surface area contributed by atoms with E-state index in [0.717, 1.165) is 34.8 Å². The molecule has 3 aliphatic heterocycles. The van der Waals surface area contributed by atoms with Crippen molar-refractivity contribution in [2.75, 3.05) is 34.4 Å². The first-order chi connectivity index (χ1) is 16.1. The number of aromatic nitrogens is 1. The van der Waals surface area contributed by atoms with Crippen molar-refractivity contribution in [2.45, 2.75) is 19.4 Å². The van der Waals surface area contributed by atoms with Crippen LogP contribution in [0, 0.1) is 5.41 Å². The van der Waals surface area contributed by atoms with Crippen molar-refractivity contribution >= 4 is 44.7 Å². The second-order valence-corrected chi connectivity index (χ2v) is 9.82. The van der Waals surface area contributed by atoms with Crippen LogP contribution in [0.5, 0.6) is 0 Å². The van der Waals surface area contributed by atoms with Crippen molar-refractivity contribution < 1.29 is 4.79 Å². The average molecular weight is 502 g/mol. The molecule has 0 bridgehead atoms. The molecule has 7 heteroatoms. The summed E-state index contributed by atoms with van der Waals surface area (Å²) < 4.78 is 1.03. The van der Waals surface area contributed by atoms with E-state index in [4.69, 9.17) is 5.10 Å². The number of fused-ring (bicyclic) bond motifs is 4. The quantitative estimate of drug-likeness (QED) is 0.518. The zero-order valence-electron chi connectivity index (χ0n) is 18.4. The van der Waals surface area contributed by atoms with Crippen LogP contribution in [-0.4, -0.2) is 42.3 Å². The second kappa shape index (κ2) is 7.70. The minimum absolute atomic E-state index is 0.0353.